The van der Waals surface area contributed by atoms with E-state index in [1.54, 1.807) is 0 Å². The monoisotopic (exact) mass is 705 g/mol. The molecular formula is C22H54P2PtTe+. The molecule has 0 atom stereocenters. The summed E-state index contributed by atoms with van der Waals surface area (Å²) in [5.41, 5.74) is 0.796. The summed E-state index contributed by atoms with van der Waals surface area (Å²) in [4.78, 5) is 0. The van der Waals surface area contributed by atoms with Crippen LogP contribution in [0.1, 0.15) is 83.1 Å². The van der Waals surface area contributed by atoms with Crippen LogP contribution in [0.4, 0.5) is 0 Å². The number of hydrogen-bond donors (Lipinski definition) is 0. The normalized spacial score (nSPS) is 10.6. The molecule has 0 aliphatic rings. The maximum atomic E-state index is 3.77. The molecule has 0 aromatic carbocycles. The molecule has 0 spiro atoms. The molecular weight excluding hydrogens is 649 g/mol. The van der Waals surface area contributed by atoms with Gasteiger partial charge >= 0.3 is 52.9 Å². The van der Waals surface area contributed by atoms with Crippen LogP contribution in [0.25, 0.3) is 0 Å². The van der Waals surface area contributed by atoms with Gasteiger partial charge in [0.15, 0.2) is 0 Å². The first-order chi connectivity index (χ1) is 11.3. The van der Waals surface area contributed by atoms with Gasteiger partial charge in [-0.15, -0.1) is 0 Å². The van der Waals surface area contributed by atoms with E-state index >= 15 is 0 Å². The third-order valence-corrected chi connectivity index (χ3v) is 11.9. The van der Waals surface area contributed by atoms with Crippen molar-refractivity contribution in [1.29, 1.82) is 0 Å². The molecule has 4 heteroatoms. The summed E-state index contributed by atoms with van der Waals surface area (Å²) in [7, 11) is 0.275. The summed E-state index contributed by atoms with van der Waals surface area (Å²) in [6.45, 7) is 30.6. The average molecular weight is 703 g/mol. The van der Waals surface area contributed by atoms with Gasteiger partial charge in [0.05, 0.1) is 37.0 Å². The summed E-state index contributed by atoms with van der Waals surface area (Å²) < 4.78 is 1.28. The zero-order chi connectivity index (χ0) is 21.1. The van der Waals surface area contributed by atoms with Crippen molar-refractivity contribution in [3.05, 3.63) is 6.92 Å². The first kappa shape index (κ1) is 38.9. The van der Waals surface area contributed by atoms with Crippen molar-refractivity contribution in [2.45, 2.75) is 87.6 Å². The van der Waals surface area contributed by atoms with Crippen LogP contribution in [0.3, 0.4) is 0 Å². The second-order valence-corrected chi connectivity index (χ2v) is 17.0. The molecule has 0 amide bonds. The van der Waals surface area contributed by atoms with E-state index in [0.717, 1.165) is 0 Å². The SMILES string of the molecule is CC(C)(C)C[Te].CC[PH+](CC)CC.CC[PH+](CC)CC.[CH2-]C(C)(C)C.[Pt]. The van der Waals surface area contributed by atoms with Crippen LogP contribution in [0, 0.1) is 17.8 Å². The zero-order valence-electron chi connectivity index (χ0n) is 20.4. The van der Waals surface area contributed by atoms with Crippen molar-refractivity contribution in [2.24, 2.45) is 10.8 Å². The third kappa shape index (κ3) is 56.3. The molecule has 0 nitrogen and oxygen atoms in total. The van der Waals surface area contributed by atoms with Gasteiger partial charge in [-0.1, -0.05) is 20.8 Å². The van der Waals surface area contributed by atoms with Crippen molar-refractivity contribution < 1.29 is 21.1 Å². The largest absolute Gasteiger partial charge is 0.338 e. The van der Waals surface area contributed by atoms with Crippen LogP contribution in [-0.4, -0.2) is 59.3 Å². The number of hydrogen-bond acceptors (Lipinski definition) is 0. The molecule has 0 saturated carbocycles. The molecule has 0 fully saturated rings. The molecule has 0 aliphatic heterocycles. The molecule has 0 aromatic heterocycles. The molecule has 0 aliphatic carbocycles. The van der Waals surface area contributed by atoms with Gasteiger partial charge in [0.1, 0.15) is 0 Å². The van der Waals surface area contributed by atoms with Crippen molar-refractivity contribution in [3.63, 3.8) is 0 Å². The Bertz CT molecular complexity index is 198. The van der Waals surface area contributed by atoms with Crippen LogP contribution in [-0.2, 0) is 21.1 Å². The van der Waals surface area contributed by atoms with E-state index < -0.39 is 0 Å². The minimum Gasteiger partial charge on any atom is -0.338 e. The summed E-state index contributed by atoms with van der Waals surface area (Å²) in [6, 6.07) is 0. The fraction of sp³-hybridized carbons (Fsp3) is 0.955. The molecule has 0 N–H and O–H groups in total. The van der Waals surface area contributed by atoms with Gasteiger partial charge in [-0.25, -0.2) is 0 Å². The Morgan fingerprint density at radius 3 is 0.731 bits per heavy atom. The van der Waals surface area contributed by atoms with Crippen LogP contribution in [0.5, 0.6) is 0 Å². The zero-order valence-corrected chi connectivity index (χ0v) is 27.0. The quantitative estimate of drug-likeness (QED) is 0.150. The van der Waals surface area contributed by atoms with Gasteiger partial charge in [-0.2, -0.15) is 5.41 Å². The van der Waals surface area contributed by atoms with E-state index in [9.17, 15) is 0 Å². The van der Waals surface area contributed by atoms with Gasteiger partial charge in [0.25, 0.3) is 0 Å². The molecule has 0 unspecified atom stereocenters. The average Bonchev–Trinajstić information content (AvgIpc) is 2.50. The molecule has 167 valence electrons. The van der Waals surface area contributed by atoms with Crippen LogP contribution < -0.4 is 0 Å². The summed E-state index contributed by atoms with van der Waals surface area (Å²) >= 11 is 2.15. The van der Waals surface area contributed by atoms with Gasteiger partial charge in [-0.05, 0) is 57.4 Å². The van der Waals surface area contributed by atoms with Crippen molar-refractivity contribution in [2.75, 3.05) is 37.0 Å². The minimum atomic E-state index is 0. The smallest absolute Gasteiger partial charge is 0.0543 e. The molecule has 1 radical (unpaired) electrons. The molecule has 0 bridgehead atoms. The standard InChI is InChI=1S/2C6H15P.C5H11Te.C5H11.Pt/c2*1-4-7(5-2)6-3;1-5(2,3)4-6;1-5(2,3)4;/h2*4-6H2,1-3H3;4H2,1-3H3;1H2,2-4H3;/q;;;-1;/p+2. The Hall–Kier alpha value is 2.34. The van der Waals surface area contributed by atoms with Crippen LogP contribution in [0.15, 0.2) is 0 Å². The minimum absolute atomic E-state index is 0. The predicted molar refractivity (Wildman–Crippen MR) is 135 cm³/mol. The van der Waals surface area contributed by atoms with Crippen molar-refractivity contribution in [1.82, 2.24) is 0 Å². The molecule has 0 rings (SSSR count). The second kappa shape index (κ2) is 25.4. The number of rotatable bonds is 6. The summed E-state index contributed by atoms with van der Waals surface area (Å²) in [5, 5.41) is 0. The molecule has 0 saturated heterocycles. The van der Waals surface area contributed by atoms with E-state index in [4.69, 9.17) is 0 Å². The van der Waals surface area contributed by atoms with Gasteiger partial charge in [0.2, 0.25) is 0 Å². The Kier molecular flexibility index (Phi) is 37.9. The maximum absolute atomic E-state index is 3.77. The van der Waals surface area contributed by atoms with E-state index in [2.05, 4.69) is 112 Å². The first-order valence-electron chi connectivity index (χ1n) is 10.4. The summed E-state index contributed by atoms with van der Waals surface area (Å²) in [5.74, 6) is 0. The van der Waals surface area contributed by atoms with Crippen molar-refractivity contribution >= 4 is 38.1 Å². The van der Waals surface area contributed by atoms with Crippen molar-refractivity contribution in [3.8, 4) is 0 Å². The van der Waals surface area contributed by atoms with Crippen LogP contribution >= 0.6 is 15.8 Å². The van der Waals surface area contributed by atoms with Gasteiger partial charge in [0, 0.05) is 21.1 Å². The van der Waals surface area contributed by atoms with Gasteiger partial charge < -0.3 is 6.92 Å². The van der Waals surface area contributed by atoms with E-state index in [1.807, 2.05) is 0 Å². The van der Waals surface area contributed by atoms with Crippen LogP contribution in [0.2, 0.25) is 4.47 Å². The Labute approximate surface area is 200 Å². The Morgan fingerprint density at radius 1 is 0.615 bits per heavy atom. The second-order valence-electron chi connectivity index (χ2n) is 8.89. The van der Waals surface area contributed by atoms with Gasteiger partial charge in [-0.3, -0.25) is 0 Å². The molecule has 0 heterocycles. The topological polar surface area (TPSA) is 0 Å². The van der Waals surface area contributed by atoms with E-state index in [-0.39, 0.29) is 42.3 Å². The fourth-order valence-electron chi connectivity index (χ4n) is 1.50. The van der Waals surface area contributed by atoms with E-state index in [1.165, 1.54) is 41.4 Å². The Morgan fingerprint density at radius 2 is 0.731 bits per heavy atom. The predicted octanol–water partition coefficient (Wildman–Crippen LogP) is 8.00. The Balaban J connectivity index is -0.0000000750. The maximum Gasteiger partial charge on any atom is 0.0543 e. The van der Waals surface area contributed by atoms with E-state index in [0.29, 0.717) is 5.41 Å². The third-order valence-electron chi connectivity index (χ3n) is 3.43. The fourth-order valence-corrected chi connectivity index (χ4v) is 4.50. The first-order valence-corrected chi connectivity index (χ1v) is 16.3. The molecule has 0 aromatic rings. The molecule has 26 heavy (non-hydrogen) atoms. The summed E-state index contributed by atoms with van der Waals surface area (Å²) in [6.07, 6.45) is 8.74.